The summed E-state index contributed by atoms with van der Waals surface area (Å²) < 4.78 is 2.01. The van der Waals surface area contributed by atoms with Crippen LogP contribution < -0.4 is 5.32 Å². The quantitative estimate of drug-likeness (QED) is 0.718. The fourth-order valence-electron chi connectivity index (χ4n) is 6.59. The summed E-state index contributed by atoms with van der Waals surface area (Å²) in [6, 6.07) is 10.3. The van der Waals surface area contributed by atoms with Crippen molar-refractivity contribution in [3.8, 4) is 5.69 Å². The summed E-state index contributed by atoms with van der Waals surface area (Å²) in [5, 5.41) is 12.6. The first-order valence-corrected chi connectivity index (χ1v) is 11.9. The molecule has 4 fully saturated rings. The summed E-state index contributed by atoms with van der Waals surface area (Å²) >= 11 is 1.47. The van der Waals surface area contributed by atoms with Crippen molar-refractivity contribution in [1.82, 2.24) is 20.1 Å². The monoisotopic (exact) mass is 410 g/mol. The third-order valence-corrected chi connectivity index (χ3v) is 8.45. The second-order valence-corrected chi connectivity index (χ2v) is 10.5. The van der Waals surface area contributed by atoms with Gasteiger partial charge in [0.25, 0.3) is 0 Å². The van der Waals surface area contributed by atoms with E-state index in [0.717, 1.165) is 34.4 Å². The van der Waals surface area contributed by atoms with E-state index in [1.807, 2.05) is 41.8 Å². The third kappa shape index (κ3) is 3.60. The van der Waals surface area contributed by atoms with Crippen molar-refractivity contribution in [2.24, 2.45) is 23.2 Å². The molecule has 1 N–H and O–H groups in total. The number of thioether (sulfide) groups is 1. The standard InChI is InChI=1S/C23H30N4OS/c1-15(23-11-17-8-18(12-23)10-19(9-17)13-23)24-21(28)14-29-22-26-25-16(2)27(22)20-6-4-3-5-7-20/h3-7,15,17-19H,8-14H2,1-2H3,(H,24,28)/t15-,17?,18?,19?,23?/m0/s1. The molecule has 4 saturated carbocycles. The molecular weight excluding hydrogens is 380 g/mol. The molecule has 1 aromatic heterocycles. The number of aromatic nitrogens is 3. The molecule has 4 bridgehead atoms. The average Bonchev–Trinajstić information content (AvgIpc) is 3.06. The molecule has 4 aliphatic carbocycles. The lowest BCUT2D eigenvalue weighted by molar-refractivity contribution is -0.123. The number of amides is 1. The molecule has 6 heteroatoms. The largest absolute Gasteiger partial charge is 0.352 e. The van der Waals surface area contributed by atoms with Crippen LogP contribution in [0.1, 0.15) is 51.3 Å². The summed E-state index contributed by atoms with van der Waals surface area (Å²) in [4.78, 5) is 12.8. The van der Waals surface area contributed by atoms with Crippen LogP contribution in [0.3, 0.4) is 0 Å². The minimum Gasteiger partial charge on any atom is -0.352 e. The molecule has 154 valence electrons. The van der Waals surface area contributed by atoms with Crippen molar-refractivity contribution in [3.63, 3.8) is 0 Å². The first-order valence-electron chi connectivity index (χ1n) is 10.9. The normalized spacial score (nSPS) is 31.0. The molecule has 0 unspecified atom stereocenters. The second-order valence-electron chi connectivity index (χ2n) is 9.56. The number of benzene rings is 1. The first-order chi connectivity index (χ1) is 14.0. The second kappa shape index (κ2) is 7.46. The molecule has 2 aromatic rings. The van der Waals surface area contributed by atoms with E-state index in [1.54, 1.807) is 0 Å². The van der Waals surface area contributed by atoms with Gasteiger partial charge in [0.15, 0.2) is 5.16 Å². The highest BCUT2D eigenvalue weighted by atomic mass is 32.2. The molecule has 1 heterocycles. The predicted molar refractivity (Wildman–Crippen MR) is 115 cm³/mol. The van der Waals surface area contributed by atoms with Gasteiger partial charge < -0.3 is 5.32 Å². The zero-order chi connectivity index (χ0) is 20.0. The number of nitrogens with one attached hydrogen (secondary N) is 1. The number of hydrogen-bond acceptors (Lipinski definition) is 4. The van der Waals surface area contributed by atoms with Crippen molar-refractivity contribution in [2.75, 3.05) is 5.75 Å². The molecule has 0 radical (unpaired) electrons. The van der Waals surface area contributed by atoms with Gasteiger partial charge in [-0.1, -0.05) is 30.0 Å². The zero-order valence-electron chi connectivity index (χ0n) is 17.3. The molecule has 1 aromatic carbocycles. The number of hydrogen-bond donors (Lipinski definition) is 1. The zero-order valence-corrected chi connectivity index (χ0v) is 18.1. The van der Waals surface area contributed by atoms with Crippen molar-refractivity contribution in [1.29, 1.82) is 0 Å². The Morgan fingerprint density at radius 3 is 2.38 bits per heavy atom. The number of carbonyl (C=O) groups is 1. The van der Waals surface area contributed by atoms with Gasteiger partial charge in [0, 0.05) is 11.7 Å². The van der Waals surface area contributed by atoms with Crippen molar-refractivity contribution in [2.45, 2.75) is 63.6 Å². The Hall–Kier alpha value is -1.82. The molecule has 6 rings (SSSR count). The van der Waals surface area contributed by atoms with E-state index < -0.39 is 0 Å². The van der Waals surface area contributed by atoms with Crippen molar-refractivity contribution < 1.29 is 4.79 Å². The molecule has 0 saturated heterocycles. The SMILES string of the molecule is Cc1nnc(SCC(=O)N[C@@H](C)C23CC4CC(CC(C4)C2)C3)n1-c1ccccc1. The Morgan fingerprint density at radius 2 is 1.76 bits per heavy atom. The molecule has 1 atom stereocenters. The van der Waals surface area contributed by atoms with E-state index >= 15 is 0 Å². The number of nitrogens with zero attached hydrogens (tertiary/aromatic N) is 3. The van der Waals surface area contributed by atoms with E-state index in [2.05, 4.69) is 22.4 Å². The summed E-state index contributed by atoms with van der Waals surface area (Å²) in [6.45, 7) is 4.19. The molecule has 5 nitrogen and oxygen atoms in total. The highest BCUT2D eigenvalue weighted by Crippen LogP contribution is 2.61. The maximum Gasteiger partial charge on any atom is 0.230 e. The van der Waals surface area contributed by atoms with Crippen LogP contribution in [0.15, 0.2) is 35.5 Å². The third-order valence-electron chi connectivity index (χ3n) is 7.52. The van der Waals surface area contributed by atoms with Crippen molar-refractivity contribution >= 4 is 17.7 Å². The molecule has 29 heavy (non-hydrogen) atoms. The van der Waals surface area contributed by atoms with Crippen LogP contribution in [-0.4, -0.2) is 32.5 Å². The van der Waals surface area contributed by atoms with Gasteiger partial charge in [-0.15, -0.1) is 10.2 Å². The number of aryl methyl sites for hydroxylation is 1. The Bertz CT molecular complexity index is 858. The van der Waals surface area contributed by atoms with Crippen LogP contribution in [0, 0.1) is 30.1 Å². The van der Waals surface area contributed by atoms with E-state index in [0.29, 0.717) is 11.2 Å². The van der Waals surface area contributed by atoms with Gasteiger partial charge in [0.1, 0.15) is 5.82 Å². The van der Waals surface area contributed by atoms with Crippen LogP contribution in [0.4, 0.5) is 0 Å². The van der Waals surface area contributed by atoms with E-state index in [-0.39, 0.29) is 11.9 Å². The highest BCUT2D eigenvalue weighted by Gasteiger charge is 2.53. The smallest absolute Gasteiger partial charge is 0.230 e. The van der Waals surface area contributed by atoms with Crippen LogP contribution in [0.2, 0.25) is 0 Å². The fraction of sp³-hybridized carbons (Fsp3) is 0.609. The molecule has 0 spiro atoms. The van der Waals surface area contributed by atoms with Crippen LogP contribution in [0.5, 0.6) is 0 Å². The highest BCUT2D eigenvalue weighted by molar-refractivity contribution is 7.99. The minimum atomic E-state index is 0.110. The average molecular weight is 411 g/mol. The number of rotatable bonds is 6. The first kappa shape index (κ1) is 19.2. The van der Waals surface area contributed by atoms with Gasteiger partial charge in [-0.3, -0.25) is 9.36 Å². The van der Waals surface area contributed by atoms with E-state index in [4.69, 9.17) is 0 Å². The predicted octanol–water partition coefficient (Wildman–Crippen LogP) is 4.39. The van der Waals surface area contributed by atoms with Gasteiger partial charge in [-0.05, 0) is 87.7 Å². The number of para-hydroxylation sites is 1. The summed E-state index contributed by atoms with van der Waals surface area (Å²) in [5.41, 5.74) is 1.37. The van der Waals surface area contributed by atoms with Crippen LogP contribution in [-0.2, 0) is 4.79 Å². The maximum absolute atomic E-state index is 12.8. The molecule has 1 amide bonds. The summed E-state index contributed by atoms with van der Waals surface area (Å²) in [5.74, 6) is 4.04. The lowest BCUT2D eigenvalue weighted by Crippen LogP contribution is -2.56. The Morgan fingerprint density at radius 1 is 1.14 bits per heavy atom. The van der Waals surface area contributed by atoms with Gasteiger partial charge in [-0.25, -0.2) is 0 Å². The molecule has 0 aliphatic heterocycles. The van der Waals surface area contributed by atoms with Gasteiger partial charge in [0.2, 0.25) is 5.91 Å². The molecule has 4 aliphatic rings. The Balaban J connectivity index is 1.23. The summed E-state index contributed by atoms with van der Waals surface area (Å²) in [7, 11) is 0. The van der Waals surface area contributed by atoms with E-state index in [1.165, 1.54) is 50.3 Å². The Labute approximate surface area is 177 Å². The van der Waals surface area contributed by atoms with E-state index in [9.17, 15) is 4.79 Å². The lowest BCUT2D eigenvalue weighted by Gasteiger charge is -2.59. The lowest BCUT2D eigenvalue weighted by atomic mass is 9.48. The van der Waals surface area contributed by atoms with Crippen LogP contribution in [0.25, 0.3) is 5.69 Å². The molecular formula is C23H30N4OS. The topological polar surface area (TPSA) is 59.8 Å². The fourth-order valence-corrected chi connectivity index (χ4v) is 7.39. The number of carbonyl (C=O) groups excluding carboxylic acids is 1. The van der Waals surface area contributed by atoms with Gasteiger partial charge in [0.05, 0.1) is 5.75 Å². The van der Waals surface area contributed by atoms with Crippen molar-refractivity contribution in [3.05, 3.63) is 36.2 Å². The minimum absolute atomic E-state index is 0.110. The maximum atomic E-state index is 12.8. The van der Waals surface area contributed by atoms with Crippen LogP contribution >= 0.6 is 11.8 Å². The van der Waals surface area contributed by atoms with Gasteiger partial charge in [-0.2, -0.15) is 0 Å². The summed E-state index contributed by atoms with van der Waals surface area (Å²) in [6.07, 6.45) is 8.25. The Kier molecular flexibility index (Phi) is 4.93. The van der Waals surface area contributed by atoms with Gasteiger partial charge >= 0.3 is 0 Å².